The van der Waals surface area contributed by atoms with Crippen LogP contribution in [0, 0.1) is 0 Å². The van der Waals surface area contributed by atoms with Gasteiger partial charge in [0.2, 0.25) is 5.60 Å². The summed E-state index contributed by atoms with van der Waals surface area (Å²) >= 11 is 0. The van der Waals surface area contributed by atoms with Gasteiger partial charge in [0.15, 0.2) is 0 Å². The number of benzene rings is 1. The minimum atomic E-state index is -4.81. The van der Waals surface area contributed by atoms with Gasteiger partial charge in [-0.2, -0.15) is 13.2 Å². The van der Waals surface area contributed by atoms with Crippen LogP contribution in [0.15, 0.2) is 36.7 Å². The van der Waals surface area contributed by atoms with Crippen LogP contribution in [0.5, 0.6) is 5.75 Å². The van der Waals surface area contributed by atoms with Crippen LogP contribution in [0.3, 0.4) is 0 Å². The van der Waals surface area contributed by atoms with Crippen molar-refractivity contribution in [2.75, 3.05) is 13.7 Å². The van der Waals surface area contributed by atoms with Gasteiger partial charge in [0.05, 0.1) is 7.11 Å². The van der Waals surface area contributed by atoms with Crippen molar-refractivity contribution in [3.05, 3.63) is 48.0 Å². The highest BCUT2D eigenvalue weighted by molar-refractivity contribution is 5.27. The van der Waals surface area contributed by atoms with Gasteiger partial charge in [-0.3, -0.25) is 0 Å². The summed E-state index contributed by atoms with van der Waals surface area (Å²) in [5.74, 6) is 0.293. The molecule has 2 rings (SSSR count). The maximum absolute atomic E-state index is 13.3. The number of hydrogen-bond acceptors (Lipinski definition) is 4. The van der Waals surface area contributed by atoms with Gasteiger partial charge in [-0.1, -0.05) is 12.1 Å². The average molecular weight is 343 g/mol. The van der Waals surface area contributed by atoms with Gasteiger partial charge in [0.1, 0.15) is 11.6 Å². The topological polar surface area (TPSA) is 59.3 Å². The molecule has 0 saturated heterocycles. The smallest absolute Gasteiger partial charge is 0.424 e. The van der Waals surface area contributed by atoms with E-state index in [-0.39, 0.29) is 6.54 Å². The first-order valence-corrected chi connectivity index (χ1v) is 7.38. The SMILES string of the molecule is COc1ccc(CNCCC(O)(c2nccn2C)C(F)(F)F)cc1. The third kappa shape index (κ3) is 3.88. The molecule has 8 heteroatoms. The molecule has 0 fully saturated rings. The first kappa shape index (κ1) is 18.3. The fourth-order valence-electron chi connectivity index (χ4n) is 2.39. The Morgan fingerprint density at radius 2 is 1.92 bits per heavy atom. The third-order valence-electron chi connectivity index (χ3n) is 3.81. The Morgan fingerprint density at radius 3 is 2.42 bits per heavy atom. The minimum absolute atomic E-state index is 0.0189. The molecule has 2 N–H and O–H groups in total. The van der Waals surface area contributed by atoms with Gasteiger partial charge in [0.25, 0.3) is 0 Å². The summed E-state index contributed by atoms with van der Waals surface area (Å²) in [6, 6.07) is 7.19. The number of halogens is 3. The predicted molar refractivity (Wildman–Crippen MR) is 82.5 cm³/mol. The van der Waals surface area contributed by atoms with Crippen LogP contribution in [0.25, 0.3) is 0 Å². The number of nitrogens with one attached hydrogen (secondary N) is 1. The third-order valence-corrected chi connectivity index (χ3v) is 3.81. The van der Waals surface area contributed by atoms with E-state index in [0.29, 0.717) is 12.3 Å². The summed E-state index contributed by atoms with van der Waals surface area (Å²) in [7, 11) is 2.98. The molecule has 0 bridgehead atoms. The highest BCUT2D eigenvalue weighted by Crippen LogP contribution is 2.40. The number of aryl methyl sites for hydroxylation is 1. The van der Waals surface area contributed by atoms with Crippen LogP contribution in [0.2, 0.25) is 0 Å². The second kappa shape index (κ2) is 7.23. The largest absolute Gasteiger partial charge is 0.497 e. The molecule has 0 aliphatic carbocycles. The summed E-state index contributed by atoms with van der Waals surface area (Å²) in [5.41, 5.74) is -2.08. The lowest BCUT2D eigenvalue weighted by Gasteiger charge is -2.30. The number of nitrogens with zero attached hydrogens (tertiary/aromatic N) is 2. The number of rotatable bonds is 7. The molecule has 1 atom stereocenters. The molecule has 1 aromatic heterocycles. The summed E-state index contributed by atoms with van der Waals surface area (Å²) in [6.07, 6.45) is -2.74. The summed E-state index contributed by atoms with van der Waals surface area (Å²) < 4.78 is 46.2. The van der Waals surface area contributed by atoms with E-state index in [1.165, 1.54) is 24.0 Å². The van der Waals surface area contributed by atoms with E-state index in [0.717, 1.165) is 5.56 Å². The van der Waals surface area contributed by atoms with Crippen molar-refractivity contribution in [3.63, 3.8) is 0 Å². The summed E-state index contributed by atoms with van der Waals surface area (Å²) in [6.45, 7) is 0.368. The molecule has 1 aromatic carbocycles. The van der Waals surface area contributed by atoms with Crippen molar-refractivity contribution in [2.45, 2.75) is 24.7 Å². The number of hydrogen-bond donors (Lipinski definition) is 2. The van der Waals surface area contributed by atoms with Crippen LogP contribution in [-0.2, 0) is 19.2 Å². The van der Waals surface area contributed by atoms with E-state index in [1.54, 1.807) is 19.2 Å². The van der Waals surface area contributed by atoms with Crippen molar-refractivity contribution in [3.8, 4) is 5.75 Å². The normalized spacial score (nSPS) is 14.4. The Hall–Kier alpha value is -2.06. The van der Waals surface area contributed by atoms with E-state index < -0.39 is 24.0 Å². The molecule has 0 saturated carbocycles. The molecular weight excluding hydrogens is 323 g/mol. The van der Waals surface area contributed by atoms with E-state index in [4.69, 9.17) is 4.74 Å². The van der Waals surface area contributed by atoms with Crippen molar-refractivity contribution in [1.29, 1.82) is 0 Å². The second-order valence-corrected chi connectivity index (χ2v) is 5.49. The number of aliphatic hydroxyl groups is 1. The summed E-state index contributed by atoms with van der Waals surface area (Å²) in [4.78, 5) is 3.66. The Kier molecular flexibility index (Phi) is 5.51. The zero-order valence-electron chi connectivity index (χ0n) is 13.5. The van der Waals surface area contributed by atoms with Crippen LogP contribution in [-0.4, -0.2) is 34.5 Å². The van der Waals surface area contributed by atoms with Gasteiger partial charge in [-0.25, -0.2) is 4.98 Å². The van der Waals surface area contributed by atoms with Gasteiger partial charge in [0, 0.05) is 32.4 Å². The first-order valence-electron chi connectivity index (χ1n) is 7.38. The maximum Gasteiger partial charge on any atom is 0.424 e. The quantitative estimate of drug-likeness (QED) is 0.758. The van der Waals surface area contributed by atoms with Gasteiger partial charge in [-0.05, 0) is 24.2 Å². The highest BCUT2D eigenvalue weighted by Gasteiger charge is 2.56. The first-order chi connectivity index (χ1) is 11.3. The zero-order valence-corrected chi connectivity index (χ0v) is 13.5. The van der Waals surface area contributed by atoms with Crippen LogP contribution in [0.1, 0.15) is 17.8 Å². The molecule has 0 aliphatic heterocycles. The predicted octanol–water partition coefficient (Wildman–Crippen LogP) is 2.36. The fourth-order valence-corrected chi connectivity index (χ4v) is 2.39. The minimum Gasteiger partial charge on any atom is -0.497 e. The van der Waals surface area contributed by atoms with Crippen LogP contribution in [0.4, 0.5) is 13.2 Å². The van der Waals surface area contributed by atoms with E-state index >= 15 is 0 Å². The van der Waals surface area contributed by atoms with Gasteiger partial charge >= 0.3 is 6.18 Å². The number of aromatic nitrogens is 2. The maximum atomic E-state index is 13.3. The van der Waals surface area contributed by atoms with Gasteiger partial charge < -0.3 is 19.7 Å². The number of imidazole rings is 1. The molecular formula is C16H20F3N3O2. The fraction of sp³-hybridized carbons (Fsp3) is 0.438. The monoisotopic (exact) mass is 343 g/mol. The van der Waals surface area contributed by atoms with Crippen molar-refractivity contribution in [1.82, 2.24) is 14.9 Å². The average Bonchev–Trinajstić information content (AvgIpc) is 2.97. The number of methoxy groups -OCH3 is 1. The van der Waals surface area contributed by atoms with Gasteiger partial charge in [-0.15, -0.1) is 0 Å². The molecule has 0 aliphatic rings. The lowest BCUT2D eigenvalue weighted by Crippen LogP contribution is -2.46. The highest BCUT2D eigenvalue weighted by atomic mass is 19.4. The molecule has 24 heavy (non-hydrogen) atoms. The Morgan fingerprint density at radius 1 is 1.25 bits per heavy atom. The van der Waals surface area contributed by atoms with Crippen molar-refractivity contribution >= 4 is 0 Å². The van der Waals surface area contributed by atoms with E-state index in [9.17, 15) is 18.3 Å². The van der Waals surface area contributed by atoms with Crippen LogP contribution >= 0.6 is 0 Å². The van der Waals surface area contributed by atoms with E-state index in [2.05, 4.69) is 10.3 Å². The molecule has 0 spiro atoms. The molecule has 1 unspecified atom stereocenters. The lowest BCUT2D eigenvalue weighted by molar-refractivity contribution is -0.272. The molecule has 5 nitrogen and oxygen atoms in total. The molecule has 132 valence electrons. The number of alkyl halides is 3. The second-order valence-electron chi connectivity index (χ2n) is 5.49. The molecule has 0 amide bonds. The Balaban J connectivity index is 1.97. The van der Waals surface area contributed by atoms with Crippen molar-refractivity contribution < 1.29 is 23.0 Å². The zero-order chi connectivity index (χ0) is 17.8. The number of ether oxygens (including phenoxy) is 1. The molecule has 2 aromatic rings. The lowest BCUT2D eigenvalue weighted by atomic mass is 9.97. The van der Waals surface area contributed by atoms with Crippen molar-refractivity contribution in [2.24, 2.45) is 7.05 Å². The standard InChI is InChI=1S/C16H20F3N3O2/c1-22-10-9-21-14(22)15(23,16(17,18)19)7-8-20-11-12-3-5-13(24-2)6-4-12/h3-6,9-10,20,23H,7-8,11H2,1-2H3. The Labute approximate surface area is 138 Å². The summed E-state index contributed by atoms with van der Waals surface area (Å²) in [5, 5.41) is 13.1. The molecule has 1 heterocycles. The van der Waals surface area contributed by atoms with E-state index in [1.807, 2.05) is 12.1 Å². The van der Waals surface area contributed by atoms with Crippen LogP contribution < -0.4 is 10.1 Å². The molecule has 0 radical (unpaired) electrons. The Bertz CT molecular complexity index is 655.